The van der Waals surface area contributed by atoms with Gasteiger partial charge in [0.2, 0.25) is 0 Å². The van der Waals surface area contributed by atoms with Crippen LogP contribution < -0.4 is 9.26 Å². The van der Waals surface area contributed by atoms with E-state index in [0.717, 1.165) is 0 Å². The minimum absolute atomic E-state index is 0.328. The Morgan fingerprint density at radius 3 is 2.50 bits per heavy atom. The quantitative estimate of drug-likeness (QED) is 0.370. The largest absolute Gasteiger partial charge is 0.353 e. The first-order valence-electron chi connectivity index (χ1n) is 1.45. The summed E-state index contributed by atoms with van der Waals surface area (Å²) in [5.41, 5.74) is 5.13. The Balaban J connectivity index is 2.75. The smallest absolute Gasteiger partial charge is 0.168 e. The van der Waals surface area contributed by atoms with Crippen LogP contribution in [0.15, 0.2) is 0 Å². The van der Waals surface area contributed by atoms with Crippen molar-refractivity contribution in [3.63, 3.8) is 0 Å². The van der Waals surface area contributed by atoms with E-state index in [9.17, 15) is 0 Å². The molecule has 0 spiro atoms. The summed E-state index contributed by atoms with van der Waals surface area (Å²) in [7, 11) is 1.54. The van der Waals surface area contributed by atoms with Crippen LogP contribution in [0.3, 0.4) is 0 Å². The van der Waals surface area contributed by atoms with Crippen LogP contribution in [0.5, 0.6) is 0 Å². The number of nitrogens with one attached hydrogen (secondary N) is 1. The normalized spacial score (nSPS) is 14.5. The highest BCUT2D eigenvalue weighted by molar-refractivity contribution is 14.1. The molecule has 0 saturated heterocycles. The highest BCUT2D eigenvalue weighted by atomic mass is 127. The molecule has 0 heterocycles. The Morgan fingerprint density at radius 1 is 2.00 bits per heavy atom. The summed E-state index contributed by atoms with van der Waals surface area (Å²) < 4.78 is 7.20. The van der Waals surface area contributed by atoms with Gasteiger partial charge in [0.05, 0.1) is 0 Å². The standard InChI is InChI=1S/C2H7IN2O/c1-6-2(4)5-3/h2,5H,4H2,1H3. The molecule has 0 aliphatic rings. The molecule has 38 valence electrons. The molecular formula is C2H7IN2O. The number of methoxy groups -OCH3 is 1. The fourth-order valence-corrected chi connectivity index (χ4v) is 0.299. The average molecular weight is 202 g/mol. The number of nitrogens with two attached hydrogens (primary N) is 1. The van der Waals surface area contributed by atoms with Crippen molar-refractivity contribution in [3.8, 4) is 0 Å². The zero-order valence-electron chi connectivity index (χ0n) is 3.44. The fraction of sp³-hybridized carbons (Fsp3) is 1.00. The Kier molecular flexibility index (Phi) is 4.17. The lowest BCUT2D eigenvalue weighted by molar-refractivity contribution is 0.106. The average Bonchev–Trinajstić information content (AvgIpc) is 1.65. The maximum Gasteiger partial charge on any atom is 0.168 e. The van der Waals surface area contributed by atoms with Crippen LogP contribution >= 0.6 is 22.9 Å². The van der Waals surface area contributed by atoms with Gasteiger partial charge >= 0.3 is 0 Å². The molecule has 0 radical (unpaired) electrons. The van der Waals surface area contributed by atoms with Crippen LogP contribution in [0.25, 0.3) is 0 Å². The molecule has 0 rings (SSSR count). The van der Waals surface area contributed by atoms with Gasteiger partial charge in [-0.05, 0) is 0 Å². The summed E-state index contributed by atoms with van der Waals surface area (Å²) in [5.74, 6) is 0. The van der Waals surface area contributed by atoms with Gasteiger partial charge in [0.1, 0.15) is 0 Å². The lowest BCUT2D eigenvalue weighted by Gasteiger charge is -2.02. The lowest BCUT2D eigenvalue weighted by Crippen LogP contribution is -2.31. The predicted molar refractivity (Wildman–Crippen MR) is 32.1 cm³/mol. The molecule has 0 aromatic rings. The maximum absolute atomic E-state index is 5.13. The Bertz CT molecular complexity index is 30.7. The lowest BCUT2D eigenvalue weighted by atomic mass is 11.1. The van der Waals surface area contributed by atoms with Crippen molar-refractivity contribution in [2.24, 2.45) is 5.73 Å². The van der Waals surface area contributed by atoms with Gasteiger partial charge in [-0.15, -0.1) is 0 Å². The molecule has 0 aliphatic heterocycles. The Hall–Kier alpha value is 0.610. The van der Waals surface area contributed by atoms with Crippen LogP contribution in [-0.2, 0) is 4.74 Å². The van der Waals surface area contributed by atoms with Crippen molar-refractivity contribution >= 4 is 22.9 Å². The van der Waals surface area contributed by atoms with Crippen molar-refractivity contribution in [2.75, 3.05) is 7.11 Å². The van der Waals surface area contributed by atoms with Gasteiger partial charge in [-0.2, -0.15) is 0 Å². The predicted octanol–water partition coefficient (Wildman–Crippen LogP) is -0.185. The highest BCUT2D eigenvalue weighted by Crippen LogP contribution is 1.73. The van der Waals surface area contributed by atoms with E-state index in [2.05, 4.69) is 8.27 Å². The van der Waals surface area contributed by atoms with Crippen LogP contribution in [0.1, 0.15) is 0 Å². The molecule has 6 heavy (non-hydrogen) atoms. The summed E-state index contributed by atoms with van der Waals surface area (Å²) in [4.78, 5) is 0. The topological polar surface area (TPSA) is 47.3 Å². The molecule has 0 aliphatic carbocycles. The van der Waals surface area contributed by atoms with Crippen molar-refractivity contribution < 1.29 is 4.74 Å². The molecule has 0 fully saturated rings. The molecule has 1 atom stereocenters. The van der Waals surface area contributed by atoms with Crippen LogP contribution in [0, 0.1) is 0 Å². The molecule has 1 unspecified atom stereocenters. The first-order chi connectivity index (χ1) is 2.81. The first kappa shape index (κ1) is 6.61. The molecule has 0 saturated carbocycles. The third-order valence-electron chi connectivity index (χ3n) is 0.361. The molecule has 3 N–H and O–H groups in total. The van der Waals surface area contributed by atoms with E-state index >= 15 is 0 Å². The second kappa shape index (κ2) is 3.79. The Morgan fingerprint density at radius 2 is 2.50 bits per heavy atom. The number of ether oxygens (including phenoxy) is 1. The number of rotatable bonds is 2. The number of hydrogen-bond acceptors (Lipinski definition) is 3. The fourth-order valence-electron chi connectivity index (χ4n) is 0.0445. The van der Waals surface area contributed by atoms with Gasteiger partial charge in [-0.25, -0.2) is 3.53 Å². The van der Waals surface area contributed by atoms with Crippen LogP contribution in [0.2, 0.25) is 0 Å². The molecule has 0 aromatic carbocycles. The molecule has 0 aromatic heterocycles. The van der Waals surface area contributed by atoms with E-state index in [0.29, 0.717) is 0 Å². The van der Waals surface area contributed by atoms with Gasteiger partial charge in [-0.3, -0.25) is 5.73 Å². The van der Waals surface area contributed by atoms with E-state index in [1.807, 2.05) is 22.9 Å². The van der Waals surface area contributed by atoms with Crippen molar-refractivity contribution in [3.05, 3.63) is 0 Å². The SMILES string of the molecule is COC(N)NI. The summed E-state index contributed by atoms with van der Waals surface area (Å²) in [6.45, 7) is 0. The van der Waals surface area contributed by atoms with Crippen molar-refractivity contribution in [1.29, 1.82) is 0 Å². The Labute approximate surface area is 50.7 Å². The van der Waals surface area contributed by atoms with E-state index in [4.69, 9.17) is 5.73 Å². The second-order valence-corrected chi connectivity index (χ2v) is 1.39. The summed E-state index contributed by atoms with van der Waals surface area (Å²) in [6.07, 6.45) is -0.328. The van der Waals surface area contributed by atoms with Crippen LogP contribution in [-0.4, -0.2) is 13.5 Å². The monoisotopic (exact) mass is 202 g/mol. The highest BCUT2D eigenvalue weighted by Gasteiger charge is 1.87. The molecular weight excluding hydrogens is 195 g/mol. The van der Waals surface area contributed by atoms with Gasteiger partial charge in [0.25, 0.3) is 0 Å². The first-order valence-corrected chi connectivity index (χ1v) is 2.53. The summed E-state index contributed by atoms with van der Waals surface area (Å²) >= 11 is 1.91. The minimum atomic E-state index is -0.328. The maximum atomic E-state index is 5.13. The third-order valence-corrected chi connectivity index (χ3v) is 0.975. The minimum Gasteiger partial charge on any atom is -0.353 e. The van der Waals surface area contributed by atoms with Gasteiger partial charge in [0, 0.05) is 30.0 Å². The van der Waals surface area contributed by atoms with E-state index in [-0.39, 0.29) is 6.35 Å². The van der Waals surface area contributed by atoms with E-state index in [1.54, 1.807) is 0 Å². The summed E-state index contributed by atoms with van der Waals surface area (Å²) in [6, 6.07) is 0. The number of hydrogen-bond donors (Lipinski definition) is 2. The van der Waals surface area contributed by atoms with Gasteiger partial charge in [0.15, 0.2) is 6.35 Å². The second-order valence-electron chi connectivity index (χ2n) is 0.765. The summed E-state index contributed by atoms with van der Waals surface area (Å²) in [5, 5.41) is 0. The van der Waals surface area contributed by atoms with Gasteiger partial charge < -0.3 is 4.74 Å². The molecule has 4 heteroatoms. The van der Waals surface area contributed by atoms with E-state index < -0.39 is 0 Å². The zero-order valence-corrected chi connectivity index (χ0v) is 5.60. The van der Waals surface area contributed by atoms with Gasteiger partial charge in [-0.1, -0.05) is 0 Å². The molecule has 0 amide bonds. The van der Waals surface area contributed by atoms with E-state index in [1.165, 1.54) is 7.11 Å². The van der Waals surface area contributed by atoms with Crippen molar-refractivity contribution in [1.82, 2.24) is 3.53 Å². The van der Waals surface area contributed by atoms with Crippen LogP contribution in [0.4, 0.5) is 0 Å². The molecule has 0 bridgehead atoms. The molecule has 3 nitrogen and oxygen atoms in total. The number of halogens is 1. The van der Waals surface area contributed by atoms with Crippen molar-refractivity contribution in [2.45, 2.75) is 6.35 Å². The third kappa shape index (κ3) is 2.83. The zero-order chi connectivity index (χ0) is 4.99.